The molecular formula is C18H18BrN5O3S. The fraction of sp³-hybridized carbons (Fsp3) is 0.278. The number of sulfonamides is 1. The summed E-state index contributed by atoms with van der Waals surface area (Å²) in [5.41, 5.74) is 1.57. The summed E-state index contributed by atoms with van der Waals surface area (Å²) in [7, 11) is -3.59. The van der Waals surface area contributed by atoms with Crippen LogP contribution in [0.3, 0.4) is 0 Å². The van der Waals surface area contributed by atoms with Crippen LogP contribution in [-0.2, 0) is 10.0 Å². The van der Waals surface area contributed by atoms with E-state index in [2.05, 4.69) is 26.0 Å². The molecule has 8 nitrogen and oxygen atoms in total. The van der Waals surface area contributed by atoms with Crippen LogP contribution in [0.1, 0.15) is 16.1 Å². The molecule has 1 fully saturated rings. The molecule has 1 aliphatic rings. The van der Waals surface area contributed by atoms with Gasteiger partial charge in [-0.25, -0.2) is 17.9 Å². The van der Waals surface area contributed by atoms with E-state index in [0.29, 0.717) is 34.5 Å². The van der Waals surface area contributed by atoms with Crippen LogP contribution >= 0.6 is 15.9 Å². The minimum Gasteiger partial charge on any atom is -0.336 e. The van der Waals surface area contributed by atoms with Gasteiger partial charge in [-0.3, -0.25) is 4.79 Å². The molecule has 2 aromatic heterocycles. The van der Waals surface area contributed by atoms with Crippen molar-refractivity contribution >= 4 is 37.5 Å². The Balaban J connectivity index is 1.52. The van der Waals surface area contributed by atoms with Crippen molar-refractivity contribution < 1.29 is 13.2 Å². The highest BCUT2D eigenvalue weighted by Crippen LogP contribution is 2.22. The third kappa shape index (κ3) is 3.31. The highest BCUT2D eigenvalue weighted by Gasteiger charge is 2.32. The third-order valence-electron chi connectivity index (χ3n) is 4.74. The lowest BCUT2D eigenvalue weighted by Crippen LogP contribution is -2.50. The van der Waals surface area contributed by atoms with E-state index < -0.39 is 10.0 Å². The van der Waals surface area contributed by atoms with Crippen molar-refractivity contribution in [3.63, 3.8) is 0 Å². The Morgan fingerprint density at radius 1 is 1.14 bits per heavy atom. The number of benzene rings is 1. The van der Waals surface area contributed by atoms with E-state index in [4.69, 9.17) is 0 Å². The zero-order valence-corrected chi connectivity index (χ0v) is 17.5. The fourth-order valence-electron chi connectivity index (χ4n) is 3.31. The number of aryl methyl sites for hydroxylation is 1. The molecule has 0 saturated carbocycles. The van der Waals surface area contributed by atoms with Gasteiger partial charge in [-0.05, 0) is 31.2 Å². The summed E-state index contributed by atoms with van der Waals surface area (Å²) < 4.78 is 29.4. The van der Waals surface area contributed by atoms with Crippen molar-refractivity contribution in [1.29, 1.82) is 0 Å². The van der Waals surface area contributed by atoms with Gasteiger partial charge >= 0.3 is 0 Å². The van der Waals surface area contributed by atoms with Crippen LogP contribution in [0.4, 0.5) is 0 Å². The molecule has 3 aromatic rings. The van der Waals surface area contributed by atoms with Gasteiger partial charge in [0, 0.05) is 43.0 Å². The molecule has 0 N–H and O–H groups in total. The lowest BCUT2D eigenvalue weighted by Gasteiger charge is -2.34. The summed E-state index contributed by atoms with van der Waals surface area (Å²) in [5.74, 6) is -0.175. The summed E-state index contributed by atoms with van der Waals surface area (Å²) in [6.07, 6.45) is 3.37. The number of fused-ring (bicyclic) bond motifs is 1. The second-order valence-corrected chi connectivity index (χ2v) is 9.36. The monoisotopic (exact) mass is 463 g/mol. The molecular weight excluding hydrogens is 446 g/mol. The van der Waals surface area contributed by atoms with Gasteiger partial charge in [-0.2, -0.15) is 9.40 Å². The molecule has 1 saturated heterocycles. The number of halogens is 1. The molecule has 3 heterocycles. The van der Waals surface area contributed by atoms with Crippen LogP contribution in [0.5, 0.6) is 0 Å². The number of hydrogen-bond donors (Lipinski definition) is 0. The summed E-state index contributed by atoms with van der Waals surface area (Å²) >= 11 is 3.31. The molecule has 1 aromatic carbocycles. The second-order valence-electron chi connectivity index (χ2n) is 6.50. The van der Waals surface area contributed by atoms with E-state index in [1.807, 2.05) is 0 Å². The summed E-state index contributed by atoms with van der Waals surface area (Å²) in [6, 6.07) is 8.38. The molecule has 1 aliphatic heterocycles. The van der Waals surface area contributed by atoms with Gasteiger partial charge in [0.05, 0.1) is 10.6 Å². The van der Waals surface area contributed by atoms with E-state index in [9.17, 15) is 13.2 Å². The number of nitrogens with zero attached hydrogens (tertiary/aromatic N) is 5. The predicted molar refractivity (Wildman–Crippen MR) is 107 cm³/mol. The maximum Gasteiger partial charge on any atom is 0.259 e. The summed E-state index contributed by atoms with van der Waals surface area (Å²) in [6.45, 7) is 2.89. The maximum absolute atomic E-state index is 13.0. The lowest BCUT2D eigenvalue weighted by molar-refractivity contribution is 0.0699. The van der Waals surface area contributed by atoms with Crippen LogP contribution in [0.15, 0.2) is 52.1 Å². The van der Waals surface area contributed by atoms with Crippen LogP contribution < -0.4 is 0 Å². The van der Waals surface area contributed by atoms with E-state index in [1.54, 1.807) is 59.1 Å². The van der Waals surface area contributed by atoms with Crippen molar-refractivity contribution in [3.8, 4) is 0 Å². The lowest BCUT2D eigenvalue weighted by atomic mass is 10.2. The SMILES string of the molecule is Cc1nn2cccnc2c1C(=O)N1CCN(S(=O)(=O)c2cccc(Br)c2)CC1. The second kappa shape index (κ2) is 7.26. The van der Waals surface area contributed by atoms with Crippen molar-refractivity contribution in [2.45, 2.75) is 11.8 Å². The first kappa shape index (κ1) is 19.0. The average Bonchev–Trinajstić information content (AvgIpc) is 3.03. The van der Waals surface area contributed by atoms with Gasteiger partial charge in [0.2, 0.25) is 10.0 Å². The first-order chi connectivity index (χ1) is 13.4. The quantitative estimate of drug-likeness (QED) is 0.592. The highest BCUT2D eigenvalue weighted by atomic mass is 79.9. The largest absolute Gasteiger partial charge is 0.336 e. The molecule has 0 atom stereocenters. The van der Waals surface area contributed by atoms with E-state index in [1.165, 1.54) is 4.31 Å². The third-order valence-corrected chi connectivity index (χ3v) is 7.13. The van der Waals surface area contributed by atoms with Crippen molar-refractivity contribution in [3.05, 3.63) is 58.5 Å². The number of carbonyl (C=O) groups is 1. The standard InChI is InChI=1S/C18H18BrN5O3S/c1-13-16(17-20-6-3-7-24(17)21-13)18(25)22-8-10-23(11-9-22)28(26,27)15-5-2-4-14(19)12-15/h2-7,12H,8-11H2,1H3. The fourth-order valence-corrected chi connectivity index (χ4v) is 5.33. The molecule has 0 aliphatic carbocycles. The number of rotatable bonds is 3. The van der Waals surface area contributed by atoms with Gasteiger partial charge in [0.25, 0.3) is 5.91 Å². The normalized spacial score (nSPS) is 15.9. The smallest absolute Gasteiger partial charge is 0.259 e. The van der Waals surface area contributed by atoms with Gasteiger partial charge in [0.15, 0.2) is 5.65 Å². The Labute approximate surface area is 171 Å². The zero-order valence-electron chi connectivity index (χ0n) is 15.1. The average molecular weight is 464 g/mol. The Morgan fingerprint density at radius 2 is 1.89 bits per heavy atom. The molecule has 4 rings (SSSR count). The summed E-state index contributed by atoms with van der Waals surface area (Å²) in [5, 5.41) is 4.33. The van der Waals surface area contributed by atoms with Gasteiger partial charge in [0.1, 0.15) is 5.56 Å². The number of aromatic nitrogens is 3. The Hall–Kier alpha value is -2.30. The number of carbonyl (C=O) groups excluding carboxylic acids is 1. The molecule has 0 bridgehead atoms. The van der Waals surface area contributed by atoms with Crippen LogP contribution in [0.2, 0.25) is 0 Å². The molecule has 1 amide bonds. The molecule has 10 heteroatoms. The van der Waals surface area contributed by atoms with Crippen LogP contribution in [-0.4, -0.2) is 64.3 Å². The zero-order chi connectivity index (χ0) is 19.9. The highest BCUT2D eigenvalue weighted by molar-refractivity contribution is 9.10. The Morgan fingerprint density at radius 3 is 2.61 bits per heavy atom. The first-order valence-electron chi connectivity index (χ1n) is 8.73. The topological polar surface area (TPSA) is 87.9 Å². The van der Waals surface area contributed by atoms with Crippen molar-refractivity contribution in [1.82, 2.24) is 23.8 Å². The van der Waals surface area contributed by atoms with Gasteiger partial charge in [-0.15, -0.1) is 0 Å². The van der Waals surface area contributed by atoms with Crippen LogP contribution in [0, 0.1) is 6.92 Å². The molecule has 146 valence electrons. The first-order valence-corrected chi connectivity index (χ1v) is 11.0. The van der Waals surface area contributed by atoms with Gasteiger partial charge < -0.3 is 4.90 Å². The number of piperazine rings is 1. The Bertz CT molecular complexity index is 1150. The van der Waals surface area contributed by atoms with E-state index in [-0.39, 0.29) is 23.9 Å². The molecule has 28 heavy (non-hydrogen) atoms. The summed E-state index contributed by atoms with van der Waals surface area (Å²) in [4.78, 5) is 19.2. The minimum absolute atomic E-state index is 0.175. The van der Waals surface area contributed by atoms with E-state index >= 15 is 0 Å². The van der Waals surface area contributed by atoms with Gasteiger partial charge in [-0.1, -0.05) is 22.0 Å². The molecule has 0 spiro atoms. The number of amides is 1. The molecule has 0 radical (unpaired) electrons. The van der Waals surface area contributed by atoms with E-state index in [0.717, 1.165) is 0 Å². The Kier molecular flexibility index (Phi) is 4.94. The van der Waals surface area contributed by atoms with Crippen LogP contribution in [0.25, 0.3) is 5.65 Å². The van der Waals surface area contributed by atoms with Crippen molar-refractivity contribution in [2.75, 3.05) is 26.2 Å². The maximum atomic E-state index is 13.0. The molecule has 0 unspecified atom stereocenters. The number of hydrogen-bond acceptors (Lipinski definition) is 5. The van der Waals surface area contributed by atoms with Crippen molar-refractivity contribution in [2.24, 2.45) is 0 Å². The predicted octanol–water partition coefficient (Wildman–Crippen LogP) is 1.95. The minimum atomic E-state index is -3.59.